The van der Waals surface area contributed by atoms with E-state index in [1.54, 1.807) is 6.08 Å². The van der Waals surface area contributed by atoms with Gasteiger partial charge in [0, 0.05) is 11.6 Å². The number of benzene rings is 1. The van der Waals surface area contributed by atoms with E-state index >= 15 is 0 Å². The number of fused-ring (bicyclic) bond motifs is 1. The van der Waals surface area contributed by atoms with E-state index < -0.39 is 0 Å². The Balaban J connectivity index is 2.39. The summed E-state index contributed by atoms with van der Waals surface area (Å²) >= 11 is 2.83. The lowest BCUT2D eigenvalue weighted by atomic mass is 10.2. The van der Waals surface area contributed by atoms with Crippen molar-refractivity contribution in [2.45, 2.75) is 0 Å². The standard InChI is InChI=1S/C9H6BrNO2/c10-12-9-6-5-7-3-1-2-4-8(7)13-11-9/h1-6H. The summed E-state index contributed by atoms with van der Waals surface area (Å²) in [7, 11) is 0. The summed E-state index contributed by atoms with van der Waals surface area (Å²) in [6.07, 6.45) is 3.60. The van der Waals surface area contributed by atoms with Crippen LogP contribution < -0.4 is 4.84 Å². The van der Waals surface area contributed by atoms with Gasteiger partial charge in [-0.2, -0.15) is 0 Å². The van der Waals surface area contributed by atoms with Crippen LogP contribution in [0.3, 0.4) is 0 Å². The molecule has 1 aromatic rings. The average Bonchev–Trinajstić information content (AvgIpc) is 2.39. The fourth-order valence-electron chi connectivity index (χ4n) is 1.03. The summed E-state index contributed by atoms with van der Waals surface area (Å²) in [6.45, 7) is 0. The van der Waals surface area contributed by atoms with Crippen molar-refractivity contribution in [2.24, 2.45) is 5.16 Å². The molecule has 0 bridgehead atoms. The second-order valence-corrected chi connectivity index (χ2v) is 2.79. The molecule has 0 radical (unpaired) electrons. The molecule has 2 rings (SSSR count). The maximum absolute atomic E-state index is 5.12. The first-order valence-electron chi connectivity index (χ1n) is 3.71. The van der Waals surface area contributed by atoms with E-state index in [4.69, 9.17) is 8.67 Å². The Bertz CT molecular complexity index is 374. The Morgan fingerprint density at radius 1 is 1.23 bits per heavy atom. The van der Waals surface area contributed by atoms with E-state index in [1.165, 1.54) is 0 Å². The molecule has 4 heteroatoms. The summed E-state index contributed by atoms with van der Waals surface area (Å²) in [6, 6.07) is 7.62. The highest BCUT2D eigenvalue weighted by molar-refractivity contribution is 9.06. The Morgan fingerprint density at radius 3 is 2.92 bits per heavy atom. The SMILES string of the molecule is BrOC1=NOc2ccccc2C=C1. The molecular weight excluding hydrogens is 234 g/mol. The van der Waals surface area contributed by atoms with Gasteiger partial charge in [-0.05, 0) is 17.3 Å². The summed E-state index contributed by atoms with van der Waals surface area (Å²) in [4.78, 5) is 5.12. The van der Waals surface area contributed by atoms with Crippen molar-refractivity contribution < 1.29 is 8.67 Å². The lowest BCUT2D eigenvalue weighted by molar-refractivity contribution is 0.332. The maximum atomic E-state index is 5.12. The number of rotatable bonds is 0. The topological polar surface area (TPSA) is 30.8 Å². The zero-order chi connectivity index (χ0) is 9.10. The minimum Gasteiger partial charge on any atom is -0.395 e. The summed E-state index contributed by atoms with van der Waals surface area (Å²) in [5.41, 5.74) is 0.978. The van der Waals surface area contributed by atoms with Crippen molar-refractivity contribution in [3.05, 3.63) is 35.9 Å². The number of hydrogen-bond donors (Lipinski definition) is 0. The van der Waals surface area contributed by atoms with Crippen molar-refractivity contribution in [1.29, 1.82) is 0 Å². The molecule has 0 unspecified atom stereocenters. The molecule has 0 saturated carbocycles. The van der Waals surface area contributed by atoms with Crippen LogP contribution >= 0.6 is 16.3 Å². The first-order valence-corrected chi connectivity index (χ1v) is 4.35. The second kappa shape index (κ2) is 3.62. The second-order valence-electron chi connectivity index (χ2n) is 2.47. The minimum atomic E-state index is 0.385. The molecule has 0 saturated heterocycles. The fourth-order valence-corrected chi connectivity index (χ4v) is 1.19. The van der Waals surface area contributed by atoms with Gasteiger partial charge in [0.2, 0.25) is 0 Å². The van der Waals surface area contributed by atoms with Gasteiger partial charge in [0.1, 0.15) is 0 Å². The normalized spacial score (nSPS) is 13.8. The van der Waals surface area contributed by atoms with Gasteiger partial charge in [-0.3, -0.25) is 0 Å². The third-order valence-corrected chi connectivity index (χ3v) is 1.97. The highest BCUT2D eigenvalue weighted by atomic mass is 79.9. The molecule has 0 amide bonds. The van der Waals surface area contributed by atoms with Crippen LogP contribution in [-0.2, 0) is 3.83 Å². The van der Waals surface area contributed by atoms with Gasteiger partial charge in [0.05, 0.1) is 0 Å². The van der Waals surface area contributed by atoms with E-state index in [0.29, 0.717) is 5.90 Å². The van der Waals surface area contributed by atoms with Gasteiger partial charge in [-0.25, -0.2) is 0 Å². The van der Waals surface area contributed by atoms with Crippen LogP contribution in [0.4, 0.5) is 0 Å². The van der Waals surface area contributed by atoms with E-state index in [2.05, 4.69) is 21.4 Å². The van der Waals surface area contributed by atoms with Crippen LogP contribution in [0.15, 0.2) is 35.5 Å². The van der Waals surface area contributed by atoms with E-state index in [9.17, 15) is 0 Å². The smallest absolute Gasteiger partial charge is 0.263 e. The largest absolute Gasteiger partial charge is 0.395 e. The molecule has 0 spiro atoms. The number of halogens is 1. The molecule has 3 nitrogen and oxygen atoms in total. The fraction of sp³-hybridized carbons (Fsp3) is 0. The summed E-state index contributed by atoms with van der Waals surface area (Å²) < 4.78 is 4.75. The van der Waals surface area contributed by atoms with Gasteiger partial charge < -0.3 is 8.67 Å². The van der Waals surface area contributed by atoms with Gasteiger partial charge in [0.15, 0.2) is 22.0 Å². The van der Waals surface area contributed by atoms with Gasteiger partial charge in [-0.1, -0.05) is 18.2 Å². The summed E-state index contributed by atoms with van der Waals surface area (Å²) in [5, 5.41) is 3.74. The van der Waals surface area contributed by atoms with Crippen LogP contribution in [0.25, 0.3) is 6.08 Å². The molecule has 1 heterocycles. The Kier molecular flexibility index (Phi) is 2.31. The lowest BCUT2D eigenvalue weighted by Crippen LogP contribution is -1.93. The van der Waals surface area contributed by atoms with Crippen molar-refractivity contribution >= 4 is 28.2 Å². The summed E-state index contributed by atoms with van der Waals surface area (Å²) in [5.74, 6) is 1.11. The predicted molar refractivity (Wildman–Crippen MR) is 53.6 cm³/mol. The molecule has 1 aromatic carbocycles. The van der Waals surface area contributed by atoms with Crippen LogP contribution in [-0.4, -0.2) is 5.90 Å². The first kappa shape index (κ1) is 8.31. The number of para-hydroxylation sites is 1. The van der Waals surface area contributed by atoms with Crippen LogP contribution in [0.2, 0.25) is 0 Å². The highest BCUT2D eigenvalue weighted by Gasteiger charge is 2.05. The molecule has 0 atom stereocenters. The average molecular weight is 240 g/mol. The predicted octanol–water partition coefficient (Wildman–Crippen LogP) is 2.73. The molecule has 0 fully saturated rings. The number of nitrogens with zero attached hydrogens (tertiary/aromatic N) is 1. The van der Waals surface area contributed by atoms with Gasteiger partial charge in [0.25, 0.3) is 5.90 Å². The Labute approximate surface area is 84.1 Å². The van der Waals surface area contributed by atoms with E-state index in [0.717, 1.165) is 11.3 Å². The maximum Gasteiger partial charge on any atom is 0.263 e. The number of hydrogen-bond acceptors (Lipinski definition) is 3. The molecule has 0 N–H and O–H groups in total. The molecule has 66 valence electrons. The zero-order valence-electron chi connectivity index (χ0n) is 6.61. The van der Waals surface area contributed by atoms with Crippen molar-refractivity contribution in [2.75, 3.05) is 0 Å². The molecule has 0 aromatic heterocycles. The third kappa shape index (κ3) is 1.72. The van der Waals surface area contributed by atoms with Crippen molar-refractivity contribution in [3.8, 4) is 5.75 Å². The Hall–Kier alpha value is -1.29. The van der Waals surface area contributed by atoms with E-state index in [-0.39, 0.29) is 0 Å². The van der Waals surface area contributed by atoms with E-state index in [1.807, 2.05) is 30.3 Å². The molecular formula is C9H6BrNO2. The molecule has 1 aliphatic rings. The lowest BCUT2D eigenvalue weighted by Gasteiger charge is -1.99. The first-order chi connectivity index (χ1) is 6.40. The molecule has 0 aliphatic carbocycles. The zero-order valence-corrected chi connectivity index (χ0v) is 8.19. The quantitative estimate of drug-likeness (QED) is 0.698. The van der Waals surface area contributed by atoms with Gasteiger partial charge >= 0.3 is 0 Å². The van der Waals surface area contributed by atoms with Crippen molar-refractivity contribution in [3.63, 3.8) is 0 Å². The third-order valence-electron chi connectivity index (χ3n) is 1.64. The van der Waals surface area contributed by atoms with Gasteiger partial charge in [-0.15, -0.1) is 0 Å². The number of oxime groups is 1. The van der Waals surface area contributed by atoms with Crippen LogP contribution in [0.1, 0.15) is 5.56 Å². The Morgan fingerprint density at radius 2 is 2.08 bits per heavy atom. The highest BCUT2D eigenvalue weighted by Crippen LogP contribution is 2.21. The monoisotopic (exact) mass is 239 g/mol. The minimum absolute atomic E-state index is 0.385. The molecule has 1 aliphatic heterocycles. The van der Waals surface area contributed by atoms with Crippen LogP contribution in [0.5, 0.6) is 5.75 Å². The van der Waals surface area contributed by atoms with Crippen molar-refractivity contribution in [1.82, 2.24) is 0 Å². The van der Waals surface area contributed by atoms with Crippen LogP contribution in [0, 0.1) is 0 Å². The molecule has 13 heavy (non-hydrogen) atoms.